The molecular weight excluding hydrogens is 222 g/mol. The number of unbranched alkanes of at least 4 members (excludes halogenated alkanes) is 1. The van der Waals surface area contributed by atoms with Gasteiger partial charge >= 0.3 is 0 Å². The molecule has 0 aromatic heterocycles. The SMILES string of the molecule is CCCCOC1(CNC2CC2)CCC(CC)CC1. The highest BCUT2D eigenvalue weighted by molar-refractivity contribution is 4.92. The highest BCUT2D eigenvalue weighted by atomic mass is 16.5. The van der Waals surface area contributed by atoms with Crippen LogP contribution in [0.3, 0.4) is 0 Å². The Hall–Kier alpha value is -0.0800. The maximum absolute atomic E-state index is 6.32. The van der Waals surface area contributed by atoms with Crippen molar-refractivity contribution in [1.82, 2.24) is 5.32 Å². The van der Waals surface area contributed by atoms with Crippen LogP contribution in [0, 0.1) is 5.92 Å². The third-order valence-corrected chi connectivity index (χ3v) is 4.79. The minimum atomic E-state index is 0.170. The Morgan fingerprint density at radius 2 is 1.83 bits per heavy atom. The van der Waals surface area contributed by atoms with Crippen LogP contribution in [0.4, 0.5) is 0 Å². The molecule has 2 heteroatoms. The van der Waals surface area contributed by atoms with Gasteiger partial charge in [0.05, 0.1) is 5.60 Å². The van der Waals surface area contributed by atoms with Crippen LogP contribution in [0.2, 0.25) is 0 Å². The number of nitrogens with one attached hydrogen (secondary N) is 1. The van der Waals surface area contributed by atoms with Gasteiger partial charge in [0.25, 0.3) is 0 Å². The maximum Gasteiger partial charge on any atom is 0.0806 e. The van der Waals surface area contributed by atoms with Crippen LogP contribution in [0.25, 0.3) is 0 Å². The van der Waals surface area contributed by atoms with E-state index in [-0.39, 0.29) is 5.60 Å². The van der Waals surface area contributed by atoms with E-state index in [0.29, 0.717) is 0 Å². The molecule has 0 radical (unpaired) electrons. The zero-order valence-electron chi connectivity index (χ0n) is 12.3. The molecule has 0 saturated heterocycles. The lowest BCUT2D eigenvalue weighted by Crippen LogP contribution is -2.46. The first kappa shape index (κ1) is 14.3. The van der Waals surface area contributed by atoms with Crippen LogP contribution in [0.15, 0.2) is 0 Å². The second kappa shape index (κ2) is 6.91. The third kappa shape index (κ3) is 4.24. The first-order chi connectivity index (χ1) is 8.78. The van der Waals surface area contributed by atoms with Gasteiger partial charge in [-0.1, -0.05) is 26.7 Å². The molecule has 0 bridgehead atoms. The van der Waals surface area contributed by atoms with Crippen molar-refractivity contribution < 1.29 is 4.74 Å². The smallest absolute Gasteiger partial charge is 0.0806 e. The van der Waals surface area contributed by atoms with Gasteiger partial charge in [-0.05, 0) is 50.9 Å². The number of hydrogen-bond donors (Lipinski definition) is 1. The molecule has 106 valence electrons. The van der Waals surface area contributed by atoms with E-state index in [0.717, 1.165) is 25.1 Å². The monoisotopic (exact) mass is 253 g/mol. The Kier molecular flexibility index (Phi) is 5.50. The molecule has 0 aromatic rings. The van der Waals surface area contributed by atoms with Crippen molar-refractivity contribution in [3.63, 3.8) is 0 Å². The van der Waals surface area contributed by atoms with E-state index in [9.17, 15) is 0 Å². The Balaban J connectivity index is 1.80. The van der Waals surface area contributed by atoms with E-state index >= 15 is 0 Å². The minimum Gasteiger partial charge on any atom is -0.374 e. The summed E-state index contributed by atoms with van der Waals surface area (Å²) in [6.45, 7) is 6.63. The quantitative estimate of drug-likeness (QED) is 0.663. The van der Waals surface area contributed by atoms with Crippen molar-refractivity contribution in [2.24, 2.45) is 5.92 Å². The average molecular weight is 253 g/mol. The summed E-state index contributed by atoms with van der Waals surface area (Å²) >= 11 is 0. The van der Waals surface area contributed by atoms with Gasteiger partial charge in [0, 0.05) is 19.2 Å². The molecule has 0 heterocycles. The van der Waals surface area contributed by atoms with Crippen molar-refractivity contribution in [3.05, 3.63) is 0 Å². The Labute approximate surface area is 113 Å². The minimum absolute atomic E-state index is 0.170. The fourth-order valence-electron chi connectivity index (χ4n) is 3.03. The van der Waals surface area contributed by atoms with E-state index in [2.05, 4.69) is 19.2 Å². The fraction of sp³-hybridized carbons (Fsp3) is 1.00. The summed E-state index contributed by atoms with van der Waals surface area (Å²) in [5.74, 6) is 0.953. The van der Waals surface area contributed by atoms with Crippen LogP contribution in [-0.2, 0) is 4.74 Å². The Morgan fingerprint density at radius 1 is 1.11 bits per heavy atom. The summed E-state index contributed by atoms with van der Waals surface area (Å²) in [5, 5.41) is 3.70. The first-order valence-electron chi connectivity index (χ1n) is 8.15. The van der Waals surface area contributed by atoms with Crippen molar-refractivity contribution in [1.29, 1.82) is 0 Å². The Bertz CT molecular complexity index is 224. The molecule has 2 fully saturated rings. The van der Waals surface area contributed by atoms with E-state index in [1.54, 1.807) is 0 Å². The summed E-state index contributed by atoms with van der Waals surface area (Å²) in [6.07, 6.45) is 11.8. The molecule has 2 saturated carbocycles. The number of hydrogen-bond acceptors (Lipinski definition) is 2. The zero-order chi connectivity index (χ0) is 12.8. The summed E-state index contributed by atoms with van der Waals surface area (Å²) in [5.41, 5.74) is 0.170. The molecule has 2 aliphatic rings. The van der Waals surface area contributed by atoms with Gasteiger partial charge in [-0.3, -0.25) is 0 Å². The second-order valence-electron chi connectivity index (χ2n) is 6.39. The lowest BCUT2D eigenvalue weighted by Gasteiger charge is -2.40. The van der Waals surface area contributed by atoms with Crippen LogP contribution >= 0.6 is 0 Å². The van der Waals surface area contributed by atoms with Crippen LogP contribution < -0.4 is 5.32 Å². The molecular formula is C16H31NO. The van der Waals surface area contributed by atoms with Crippen LogP contribution in [0.1, 0.15) is 71.6 Å². The van der Waals surface area contributed by atoms with Gasteiger partial charge in [0.2, 0.25) is 0 Å². The van der Waals surface area contributed by atoms with Gasteiger partial charge in [0.15, 0.2) is 0 Å². The zero-order valence-corrected chi connectivity index (χ0v) is 12.3. The second-order valence-corrected chi connectivity index (χ2v) is 6.39. The van der Waals surface area contributed by atoms with Crippen molar-refractivity contribution in [3.8, 4) is 0 Å². The summed E-state index contributed by atoms with van der Waals surface area (Å²) < 4.78 is 6.32. The predicted octanol–water partition coefficient (Wildman–Crippen LogP) is 3.89. The number of rotatable bonds is 8. The van der Waals surface area contributed by atoms with E-state index in [1.165, 1.54) is 57.8 Å². The van der Waals surface area contributed by atoms with Crippen molar-refractivity contribution in [2.75, 3.05) is 13.2 Å². The molecule has 0 aliphatic heterocycles. The van der Waals surface area contributed by atoms with E-state index in [4.69, 9.17) is 4.74 Å². The summed E-state index contributed by atoms with van der Waals surface area (Å²) in [7, 11) is 0. The molecule has 0 unspecified atom stereocenters. The van der Waals surface area contributed by atoms with E-state index < -0.39 is 0 Å². The fourth-order valence-corrected chi connectivity index (χ4v) is 3.03. The molecule has 0 spiro atoms. The third-order valence-electron chi connectivity index (χ3n) is 4.79. The Morgan fingerprint density at radius 3 is 2.39 bits per heavy atom. The van der Waals surface area contributed by atoms with Gasteiger partial charge in [0.1, 0.15) is 0 Å². The van der Waals surface area contributed by atoms with Gasteiger partial charge in [-0.15, -0.1) is 0 Å². The highest BCUT2D eigenvalue weighted by Gasteiger charge is 2.37. The normalized spacial score (nSPS) is 32.7. The molecule has 2 aliphatic carbocycles. The number of ether oxygens (including phenoxy) is 1. The van der Waals surface area contributed by atoms with Gasteiger partial charge in [-0.2, -0.15) is 0 Å². The van der Waals surface area contributed by atoms with Crippen molar-refractivity contribution in [2.45, 2.75) is 83.3 Å². The van der Waals surface area contributed by atoms with Crippen molar-refractivity contribution >= 4 is 0 Å². The highest BCUT2D eigenvalue weighted by Crippen LogP contribution is 2.36. The molecule has 2 nitrogen and oxygen atoms in total. The molecule has 1 N–H and O–H groups in total. The molecule has 0 amide bonds. The lowest BCUT2D eigenvalue weighted by molar-refractivity contribution is -0.0776. The molecule has 0 aromatic carbocycles. The van der Waals surface area contributed by atoms with Gasteiger partial charge in [-0.25, -0.2) is 0 Å². The molecule has 0 atom stereocenters. The molecule has 2 rings (SSSR count). The largest absolute Gasteiger partial charge is 0.374 e. The average Bonchev–Trinajstić information content (AvgIpc) is 3.22. The van der Waals surface area contributed by atoms with E-state index in [1.807, 2.05) is 0 Å². The summed E-state index contributed by atoms with van der Waals surface area (Å²) in [4.78, 5) is 0. The molecule has 18 heavy (non-hydrogen) atoms. The first-order valence-corrected chi connectivity index (χ1v) is 8.15. The lowest BCUT2D eigenvalue weighted by atomic mass is 9.77. The standard InChI is InChI=1S/C16H31NO/c1-3-5-12-18-16(13-17-15-6-7-15)10-8-14(4-2)9-11-16/h14-15,17H,3-13H2,1-2H3. The summed E-state index contributed by atoms with van der Waals surface area (Å²) in [6, 6.07) is 0.806. The topological polar surface area (TPSA) is 21.3 Å². The predicted molar refractivity (Wildman–Crippen MR) is 76.9 cm³/mol. The van der Waals surface area contributed by atoms with Crippen LogP contribution in [0.5, 0.6) is 0 Å². The van der Waals surface area contributed by atoms with Gasteiger partial charge < -0.3 is 10.1 Å². The van der Waals surface area contributed by atoms with Crippen LogP contribution in [-0.4, -0.2) is 24.8 Å². The maximum atomic E-state index is 6.32.